The Balaban J connectivity index is 1.49. The van der Waals surface area contributed by atoms with E-state index in [9.17, 15) is 0 Å². The summed E-state index contributed by atoms with van der Waals surface area (Å²) in [6.07, 6.45) is 7.92. The van der Waals surface area contributed by atoms with Crippen LogP contribution < -0.4 is 9.62 Å². The second-order valence-electron chi connectivity index (χ2n) is 8.77. The molecule has 0 aliphatic carbocycles. The van der Waals surface area contributed by atoms with Gasteiger partial charge in [0.25, 0.3) is 0 Å². The summed E-state index contributed by atoms with van der Waals surface area (Å²) in [5.41, 5.74) is 5.92. The van der Waals surface area contributed by atoms with Crippen LogP contribution in [-0.2, 0) is 0 Å². The van der Waals surface area contributed by atoms with Gasteiger partial charge in [-0.3, -0.25) is 0 Å². The van der Waals surface area contributed by atoms with Gasteiger partial charge in [-0.25, -0.2) is 9.50 Å². The lowest BCUT2D eigenvalue weighted by atomic mass is 9.97. The summed E-state index contributed by atoms with van der Waals surface area (Å²) in [6.45, 7) is 9.67. The number of anilines is 2. The molecule has 8 heteroatoms. The van der Waals surface area contributed by atoms with Gasteiger partial charge in [-0.1, -0.05) is 31.0 Å². The Bertz CT molecular complexity index is 1150. The zero-order valence-corrected chi connectivity index (χ0v) is 20.0. The number of rotatable bonds is 5. The number of hydrogen-bond acceptors (Lipinski definition) is 6. The second-order valence-corrected chi connectivity index (χ2v) is 9.43. The fourth-order valence-electron chi connectivity index (χ4n) is 5.00. The van der Waals surface area contributed by atoms with Crippen LogP contribution in [0.4, 0.5) is 11.5 Å². The number of hydrogen-bond donors (Lipinski definition) is 2. The van der Waals surface area contributed by atoms with Gasteiger partial charge in [0.15, 0.2) is 5.65 Å². The SMILES string of the molecule is C=C(c1cc(Cl)ccc1NS)N1CCCCC1c1cc2nc(N3CCCC3)c(C)cn2n1. The van der Waals surface area contributed by atoms with E-state index in [1.54, 1.807) is 0 Å². The van der Waals surface area contributed by atoms with Crippen molar-refractivity contribution in [2.45, 2.75) is 45.1 Å². The number of aryl methyl sites for hydroxylation is 1. The van der Waals surface area contributed by atoms with Gasteiger partial charge in [-0.15, -0.1) is 0 Å². The number of piperidine rings is 1. The molecule has 1 unspecified atom stereocenters. The predicted octanol–water partition coefficient (Wildman–Crippen LogP) is 5.75. The number of halogens is 1. The third kappa shape index (κ3) is 3.92. The minimum absolute atomic E-state index is 0.153. The Morgan fingerprint density at radius 3 is 2.72 bits per heavy atom. The molecule has 0 amide bonds. The molecule has 1 N–H and O–H groups in total. The minimum atomic E-state index is 0.153. The summed E-state index contributed by atoms with van der Waals surface area (Å²) in [6, 6.07) is 8.04. The molecule has 2 aromatic heterocycles. The van der Waals surface area contributed by atoms with Gasteiger partial charge < -0.3 is 14.5 Å². The van der Waals surface area contributed by atoms with Crippen molar-refractivity contribution < 1.29 is 0 Å². The first-order valence-corrected chi connectivity index (χ1v) is 12.1. The van der Waals surface area contributed by atoms with Crippen LogP contribution >= 0.6 is 24.4 Å². The molecule has 6 nitrogen and oxygen atoms in total. The molecule has 168 valence electrons. The Morgan fingerprint density at radius 2 is 1.94 bits per heavy atom. The third-order valence-corrected chi connectivity index (χ3v) is 7.11. The Hall–Kier alpha value is -2.38. The molecule has 1 aromatic carbocycles. The maximum atomic E-state index is 6.31. The van der Waals surface area contributed by atoms with Crippen LogP contribution in [0.1, 0.15) is 55.0 Å². The van der Waals surface area contributed by atoms with E-state index in [0.717, 1.165) is 66.6 Å². The van der Waals surface area contributed by atoms with Crippen molar-refractivity contribution >= 4 is 47.3 Å². The molecular weight excluding hydrogens is 440 g/mol. The fraction of sp³-hybridized carbons (Fsp3) is 0.417. The van der Waals surface area contributed by atoms with Crippen molar-refractivity contribution in [3.05, 3.63) is 58.9 Å². The highest BCUT2D eigenvalue weighted by Gasteiger charge is 2.29. The second kappa shape index (κ2) is 8.87. The molecule has 5 rings (SSSR count). The first-order chi connectivity index (χ1) is 15.5. The van der Waals surface area contributed by atoms with Gasteiger partial charge >= 0.3 is 0 Å². The van der Waals surface area contributed by atoms with Crippen LogP contribution in [0.2, 0.25) is 5.02 Å². The van der Waals surface area contributed by atoms with Gasteiger partial charge in [0.05, 0.1) is 17.4 Å². The molecular formula is C24H29ClN6S. The number of fused-ring (bicyclic) bond motifs is 1. The molecule has 2 saturated heterocycles. The minimum Gasteiger partial charge on any atom is -0.363 e. The average Bonchev–Trinajstić information content (AvgIpc) is 3.48. The van der Waals surface area contributed by atoms with Crippen molar-refractivity contribution in [1.29, 1.82) is 0 Å². The molecule has 2 aliphatic rings. The number of likely N-dealkylation sites (tertiary alicyclic amines) is 1. The summed E-state index contributed by atoms with van der Waals surface area (Å²) < 4.78 is 4.90. The lowest BCUT2D eigenvalue weighted by molar-refractivity contribution is 0.226. The summed E-state index contributed by atoms with van der Waals surface area (Å²) in [5.74, 6) is 1.09. The highest BCUT2D eigenvalue weighted by molar-refractivity contribution is 7.81. The van der Waals surface area contributed by atoms with Crippen LogP contribution in [0.3, 0.4) is 0 Å². The molecule has 4 heterocycles. The molecule has 1 atom stereocenters. The van der Waals surface area contributed by atoms with Crippen LogP contribution in [0.15, 0.2) is 37.0 Å². The number of nitrogens with zero attached hydrogens (tertiary/aromatic N) is 5. The Labute approximate surface area is 199 Å². The van der Waals surface area contributed by atoms with E-state index in [1.807, 2.05) is 22.7 Å². The molecule has 0 bridgehead atoms. The van der Waals surface area contributed by atoms with E-state index in [1.165, 1.54) is 24.8 Å². The van der Waals surface area contributed by atoms with Crippen molar-refractivity contribution in [3.63, 3.8) is 0 Å². The summed E-state index contributed by atoms with van der Waals surface area (Å²) in [4.78, 5) is 9.74. The molecule has 0 radical (unpaired) electrons. The van der Waals surface area contributed by atoms with Crippen LogP contribution in [0.25, 0.3) is 11.3 Å². The highest BCUT2D eigenvalue weighted by Crippen LogP contribution is 2.39. The fourth-order valence-corrected chi connectivity index (χ4v) is 5.37. The quantitative estimate of drug-likeness (QED) is 0.467. The van der Waals surface area contributed by atoms with E-state index in [0.29, 0.717) is 5.02 Å². The van der Waals surface area contributed by atoms with Gasteiger partial charge in [-0.2, -0.15) is 5.10 Å². The van der Waals surface area contributed by atoms with E-state index in [4.69, 9.17) is 21.7 Å². The lowest BCUT2D eigenvalue weighted by Gasteiger charge is -2.38. The van der Waals surface area contributed by atoms with Crippen LogP contribution in [-0.4, -0.2) is 39.1 Å². The summed E-state index contributed by atoms with van der Waals surface area (Å²) in [5, 5.41) is 5.63. The van der Waals surface area contributed by atoms with Gasteiger partial charge in [0.1, 0.15) is 5.82 Å². The van der Waals surface area contributed by atoms with Gasteiger partial charge in [-0.05, 0) is 57.2 Å². The predicted molar refractivity (Wildman–Crippen MR) is 136 cm³/mol. The van der Waals surface area contributed by atoms with E-state index in [2.05, 4.69) is 53.1 Å². The molecule has 3 aromatic rings. The smallest absolute Gasteiger partial charge is 0.157 e. The van der Waals surface area contributed by atoms with Gasteiger partial charge in [0, 0.05) is 53.7 Å². The first-order valence-electron chi connectivity index (χ1n) is 11.3. The number of nitrogens with one attached hydrogen (secondary N) is 1. The Kier molecular flexibility index (Phi) is 5.95. The number of benzene rings is 1. The lowest BCUT2D eigenvalue weighted by Crippen LogP contribution is -2.32. The Morgan fingerprint density at radius 1 is 1.16 bits per heavy atom. The maximum absolute atomic E-state index is 6.31. The number of thiol groups is 1. The maximum Gasteiger partial charge on any atom is 0.157 e. The normalized spacial score (nSPS) is 19.0. The average molecular weight is 469 g/mol. The van der Waals surface area contributed by atoms with Crippen molar-refractivity contribution in [2.75, 3.05) is 29.3 Å². The first kappa shape index (κ1) is 21.5. The van der Waals surface area contributed by atoms with Crippen LogP contribution in [0.5, 0.6) is 0 Å². The monoisotopic (exact) mass is 468 g/mol. The molecule has 2 fully saturated rings. The largest absolute Gasteiger partial charge is 0.363 e. The van der Waals surface area contributed by atoms with Crippen LogP contribution in [0, 0.1) is 6.92 Å². The standard InChI is InChI=1S/C24H29ClN6S/c1-16-15-31-23(26-24(16)29-10-5-6-11-29)14-21(27-31)22-7-3-4-12-30(22)17(2)19-13-18(25)8-9-20(19)28-32/h8-9,13-15,22,28,32H,2-7,10-12H2,1H3. The summed E-state index contributed by atoms with van der Waals surface area (Å²) >= 11 is 10.6. The number of aromatic nitrogens is 3. The van der Waals surface area contributed by atoms with E-state index < -0.39 is 0 Å². The molecule has 2 aliphatic heterocycles. The van der Waals surface area contributed by atoms with Crippen molar-refractivity contribution in [1.82, 2.24) is 19.5 Å². The molecule has 0 spiro atoms. The highest BCUT2D eigenvalue weighted by atomic mass is 35.5. The third-order valence-electron chi connectivity index (χ3n) is 6.63. The summed E-state index contributed by atoms with van der Waals surface area (Å²) in [7, 11) is 0. The van der Waals surface area contributed by atoms with Gasteiger partial charge in [0.2, 0.25) is 0 Å². The zero-order valence-electron chi connectivity index (χ0n) is 18.4. The van der Waals surface area contributed by atoms with Crippen molar-refractivity contribution in [2.24, 2.45) is 0 Å². The van der Waals surface area contributed by atoms with E-state index >= 15 is 0 Å². The topological polar surface area (TPSA) is 48.7 Å². The molecule has 32 heavy (non-hydrogen) atoms. The van der Waals surface area contributed by atoms with Crippen molar-refractivity contribution in [3.8, 4) is 0 Å². The zero-order chi connectivity index (χ0) is 22.2. The van der Waals surface area contributed by atoms with E-state index in [-0.39, 0.29) is 6.04 Å². The molecule has 0 saturated carbocycles.